The van der Waals surface area contributed by atoms with Crippen LogP contribution in [0.25, 0.3) is 0 Å². The summed E-state index contributed by atoms with van der Waals surface area (Å²) in [6.07, 6.45) is 5.58. The Balaban J connectivity index is 1.69. The fourth-order valence-electron chi connectivity index (χ4n) is 3.54. The van der Waals surface area contributed by atoms with Crippen molar-refractivity contribution < 1.29 is 13.9 Å². The third-order valence-electron chi connectivity index (χ3n) is 4.85. The zero-order chi connectivity index (χ0) is 15.5. The van der Waals surface area contributed by atoms with Crippen LogP contribution >= 0.6 is 0 Å². The number of hydrogen-bond acceptors (Lipinski definition) is 2. The number of benzene rings is 1. The second-order valence-corrected chi connectivity index (χ2v) is 6.42. The Labute approximate surface area is 131 Å². The fourth-order valence-corrected chi connectivity index (χ4v) is 3.54. The van der Waals surface area contributed by atoms with E-state index in [9.17, 15) is 9.18 Å². The molecule has 1 aromatic rings. The number of halogens is 1. The lowest BCUT2D eigenvalue weighted by atomic mass is 9.91. The molecule has 3 nitrogen and oxygen atoms in total. The molecule has 0 aromatic heterocycles. The third-order valence-corrected chi connectivity index (χ3v) is 4.85. The van der Waals surface area contributed by atoms with Crippen molar-refractivity contribution in [2.24, 2.45) is 11.8 Å². The summed E-state index contributed by atoms with van der Waals surface area (Å²) < 4.78 is 18.7. The molecule has 0 bridgehead atoms. The molecule has 0 aliphatic heterocycles. The summed E-state index contributed by atoms with van der Waals surface area (Å²) in [5, 5.41) is 3.20. The van der Waals surface area contributed by atoms with Gasteiger partial charge >= 0.3 is 0 Å². The lowest BCUT2D eigenvalue weighted by Gasteiger charge is -2.25. The van der Waals surface area contributed by atoms with Crippen molar-refractivity contribution in [3.05, 3.63) is 35.6 Å². The van der Waals surface area contributed by atoms with E-state index in [1.54, 1.807) is 12.1 Å². The first-order chi connectivity index (χ1) is 10.7. The van der Waals surface area contributed by atoms with Gasteiger partial charge in [-0.15, -0.1) is 0 Å². The SMILES string of the molecule is CCOC1CC1C(=O)NC(c1ccc(F)cc1)C1CCCC1. The minimum absolute atomic E-state index is 0.00141. The van der Waals surface area contributed by atoms with E-state index in [-0.39, 0.29) is 29.8 Å². The van der Waals surface area contributed by atoms with Crippen molar-refractivity contribution in [3.63, 3.8) is 0 Å². The highest BCUT2D eigenvalue weighted by Gasteiger charge is 2.45. The van der Waals surface area contributed by atoms with E-state index in [1.165, 1.54) is 25.0 Å². The summed E-state index contributed by atoms with van der Waals surface area (Å²) in [5.74, 6) is 0.293. The number of amides is 1. The molecule has 0 heterocycles. The predicted octanol–water partition coefficient (Wildman–Crippen LogP) is 3.60. The van der Waals surface area contributed by atoms with Gasteiger partial charge in [0.15, 0.2) is 0 Å². The molecular weight excluding hydrogens is 281 g/mol. The Morgan fingerprint density at radius 2 is 2.00 bits per heavy atom. The minimum atomic E-state index is -0.237. The topological polar surface area (TPSA) is 38.3 Å². The average Bonchev–Trinajstić information content (AvgIpc) is 3.08. The maximum Gasteiger partial charge on any atom is 0.226 e. The van der Waals surface area contributed by atoms with E-state index in [0.29, 0.717) is 12.5 Å². The van der Waals surface area contributed by atoms with Gasteiger partial charge in [0.25, 0.3) is 0 Å². The van der Waals surface area contributed by atoms with Crippen LogP contribution in [0.4, 0.5) is 4.39 Å². The van der Waals surface area contributed by atoms with E-state index < -0.39 is 0 Å². The summed E-state index contributed by atoms with van der Waals surface area (Å²) >= 11 is 0. The minimum Gasteiger partial charge on any atom is -0.378 e. The summed E-state index contributed by atoms with van der Waals surface area (Å²) in [5.41, 5.74) is 1.01. The quantitative estimate of drug-likeness (QED) is 0.872. The molecule has 2 aliphatic carbocycles. The number of carbonyl (C=O) groups is 1. The summed E-state index contributed by atoms with van der Waals surface area (Å²) in [4.78, 5) is 12.4. The Morgan fingerprint density at radius 3 is 2.64 bits per heavy atom. The van der Waals surface area contributed by atoms with Crippen LogP contribution in [0, 0.1) is 17.7 Å². The molecule has 0 radical (unpaired) electrons. The molecular formula is C18H24FNO2. The Kier molecular flexibility index (Phi) is 4.77. The molecule has 0 spiro atoms. The van der Waals surface area contributed by atoms with Crippen LogP contribution in [0.5, 0.6) is 0 Å². The molecule has 3 unspecified atom stereocenters. The highest BCUT2D eigenvalue weighted by molar-refractivity contribution is 5.82. The van der Waals surface area contributed by atoms with E-state index in [0.717, 1.165) is 24.8 Å². The lowest BCUT2D eigenvalue weighted by molar-refractivity contribution is -0.124. The normalized spacial score (nSPS) is 25.9. The van der Waals surface area contributed by atoms with Gasteiger partial charge in [0.05, 0.1) is 18.1 Å². The molecule has 1 N–H and O–H groups in total. The van der Waals surface area contributed by atoms with Crippen molar-refractivity contribution >= 4 is 5.91 Å². The zero-order valence-electron chi connectivity index (χ0n) is 13.1. The zero-order valence-corrected chi connectivity index (χ0v) is 13.1. The first kappa shape index (κ1) is 15.5. The fraction of sp³-hybridized carbons (Fsp3) is 0.611. The molecule has 22 heavy (non-hydrogen) atoms. The number of ether oxygens (including phenoxy) is 1. The van der Waals surface area contributed by atoms with Crippen LogP contribution in [-0.4, -0.2) is 18.6 Å². The van der Waals surface area contributed by atoms with Crippen LogP contribution in [0.3, 0.4) is 0 Å². The van der Waals surface area contributed by atoms with Gasteiger partial charge in [-0.1, -0.05) is 25.0 Å². The number of rotatable bonds is 6. The number of hydrogen-bond donors (Lipinski definition) is 1. The third kappa shape index (κ3) is 3.49. The van der Waals surface area contributed by atoms with E-state index >= 15 is 0 Å². The Hall–Kier alpha value is -1.42. The number of carbonyl (C=O) groups excluding carboxylic acids is 1. The smallest absolute Gasteiger partial charge is 0.226 e. The molecule has 1 amide bonds. The maximum absolute atomic E-state index is 13.2. The van der Waals surface area contributed by atoms with Gasteiger partial charge in [-0.3, -0.25) is 4.79 Å². The second kappa shape index (κ2) is 6.78. The van der Waals surface area contributed by atoms with Crippen LogP contribution in [0.1, 0.15) is 50.6 Å². The Morgan fingerprint density at radius 1 is 1.32 bits per heavy atom. The van der Waals surface area contributed by atoms with Gasteiger partial charge in [0.2, 0.25) is 5.91 Å². The highest BCUT2D eigenvalue weighted by Crippen LogP contribution is 2.38. The van der Waals surface area contributed by atoms with E-state index in [4.69, 9.17) is 4.74 Å². The summed E-state index contributed by atoms with van der Waals surface area (Å²) in [7, 11) is 0. The molecule has 2 saturated carbocycles. The maximum atomic E-state index is 13.2. The van der Waals surface area contributed by atoms with Crippen LogP contribution in [-0.2, 0) is 9.53 Å². The van der Waals surface area contributed by atoms with Gasteiger partial charge in [-0.05, 0) is 49.8 Å². The monoisotopic (exact) mass is 305 g/mol. The van der Waals surface area contributed by atoms with Gasteiger partial charge in [-0.25, -0.2) is 4.39 Å². The highest BCUT2D eigenvalue weighted by atomic mass is 19.1. The van der Waals surface area contributed by atoms with Crippen molar-refractivity contribution in [3.8, 4) is 0 Å². The van der Waals surface area contributed by atoms with Gasteiger partial charge in [0, 0.05) is 6.61 Å². The number of nitrogens with one attached hydrogen (secondary N) is 1. The predicted molar refractivity (Wildman–Crippen MR) is 82.8 cm³/mol. The van der Waals surface area contributed by atoms with Crippen LogP contribution < -0.4 is 5.32 Å². The Bertz CT molecular complexity index is 510. The summed E-state index contributed by atoms with van der Waals surface area (Å²) in [6.45, 7) is 2.60. The summed E-state index contributed by atoms with van der Waals surface area (Å²) in [6, 6.07) is 6.54. The van der Waals surface area contributed by atoms with Crippen molar-refractivity contribution in [1.29, 1.82) is 0 Å². The van der Waals surface area contributed by atoms with Crippen molar-refractivity contribution in [2.45, 2.75) is 51.2 Å². The molecule has 3 rings (SSSR count). The molecule has 1 aromatic carbocycles. The molecule has 3 atom stereocenters. The van der Waals surface area contributed by atoms with Crippen LogP contribution in [0.15, 0.2) is 24.3 Å². The first-order valence-electron chi connectivity index (χ1n) is 8.36. The second-order valence-electron chi connectivity index (χ2n) is 6.42. The van der Waals surface area contributed by atoms with Gasteiger partial charge in [-0.2, -0.15) is 0 Å². The average molecular weight is 305 g/mol. The van der Waals surface area contributed by atoms with Gasteiger partial charge in [0.1, 0.15) is 5.82 Å². The molecule has 2 fully saturated rings. The standard InChI is InChI=1S/C18H24FNO2/c1-2-22-16-11-15(16)18(21)20-17(12-5-3-4-6-12)13-7-9-14(19)10-8-13/h7-10,12,15-17H,2-6,11H2,1H3,(H,20,21). The van der Waals surface area contributed by atoms with Crippen LogP contribution in [0.2, 0.25) is 0 Å². The van der Waals surface area contributed by atoms with Crippen molar-refractivity contribution in [2.75, 3.05) is 6.61 Å². The van der Waals surface area contributed by atoms with Crippen molar-refractivity contribution in [1.82, 2.24) is 5.32 Å². The molecule has 0 saturated heterocycles. The van der Waals surface area contributed by atoms with Gasteiger partial charge < -0.3 is 10.1 Å². The first-order valence-corrected chi connectivity index (χ1v) is 8.36. The molecule has 120 valence electrons. The molecule has 4 heteroatoms. The van der Waals surface area contributed by atoms with E-state index in [1.807, 2.05) is 6.92 Å². The van der Waals surface area contributed by atoms with E-state index in [2.05, 4.69) is 5.32 Å². The largest absolute Gasteiger partial charge is 0.378 e. The lowest BCUT2D eigenvalue weighted by Crippen LogP contribution is -2.34. The molecule has 2 aliphatic rings.